The second-order valence-electron chi connectivity index (χ2n) is 8.19. The highest BCUT2D eigenvalue weighted by molar-refractivity contribution is 6.05. The number of carbonyl (C=O) groups is 1. The Morgan fingerprint density at radius 1 is 1.23 bits per heavy atom. The third kappa shape index (κ3) is 3.99. The van der Waals surface area contributed by atoms with Gasteiger partial charge in [0.05, 0.1) is 4.92 Å². The van der Waals surface area contributed by atoms with Gasteiger partial charge < -0.3 is 9.63 Å². The van der Waals surface area contributed by atoms with Gasteiger partial charge in [-0.1, -0.05) is 36.6 Å². The smallest absolute Gasteiger partial charge is 0.313 e. The lowest BCUT2D eigenvalue weighted by Crippen LogP contribution is -2.32. The summed E-state index contributed by atoms with van der Waals surface area (Å²) in [5.74, 6) is -1.69. The van der Waals surface area contributed by atoms with Crippen LogP contribution in [0.4, 0.5) is 5.69 Å². The minimum atomic E-state index is -1.06. The van der Waals surface area contributed by atoms with Gasteiger partial charge in [-0.2, -0.15) is 4.98 Å². The summed E-state index contributed by atoms with van der Waals surface area (Å²) < 4.78 is 5.58. The number of aliphatic imine (C=N–C) groups is 1. The number of non-ortho nitro benzene ring substituents is 1. The zero-order chi connectivity index (χ0) is 22.1. The van der Waals surface area contributed by atoms with Crippen LogP contribution in [-0.2, 0) is 4.79 Å². The minimum Gasteiger partial charge on any atom is -0.481 e. The zero-order valence-electron chi connectivity index (χ0n) is 17.4. The van der Waals surface area contributed by atoms with Crippen molar-refractivity contribution >= 4 is 22.9 Å². The first-order valence-electron chi connectivity index (χ1n) is 10.4. The third-order valence-electron chi connectivity index (χ3n) is 6.17. The molecule has 0 saturated heterocycles. The van der Waals surface area contributed by atoms with Crippen molar-refractivity contribution in [3.63, 3.8) is 0 Å². The van der Waals surface area contributed by atoms with Crippen molar-refractivity contribution in [2.45, 2.75) is 57.8 Å². The molecule has 0 bridgehead atoms. The van der Waals surface area contributed by atoms with Gasteiger partial charge in [0, 0.05) is 41.0 Å². The molecule has 0 radical (unpaired) electrons. The van der Waals surface area contributed by atoms with Gasteiger partial charge in [-0.15, -0.1) is 0 Å². The van der Waals surface area contributed by atoms with Gasteiger partial charge in [0.1, 0.15) is 5.92 Å². The first kappa shape index (κ1) is 20.9. The number of nitro groups is 1. The molecule has 1 aliphatic heterocycles. The Kier molecular flexibility index (Phi) is 5.67. The molecule has 0 spiro atoms. The number of carboxylic acid groups (broad SMARTS) is 1. The first-order chi connectivity index (χ1) is 14.9. The molecule has 9 heteroatoms. The van der Waals surface area contributed by atoms with Crippen LogP contribution in [0.1, 0.15) is 75.1 Å². The van der Waals surface area contributed by atoms with Crippen LogP contribution in [0.25, 0.3) is 5.57 Å². The summed E-state index contributed by atoms with van der Waals surface area (Å²) in [5.41, 5.74) is 1.96. The Morgan fingerprint density at radius 3 is 2.65 bits per heavy atom. The molecule has 0 amide bonds. The predicted octanol–water partition coefficient (Wildman–Crippen LogP) is 4.72. The van der Waals surface area contributed by atoms with E-state index in [1.54, 1.807) is 26.0 Å². The summed E-state index contributed by atoms with van der Waals surface area (Å²) in [6.45, 7) is 3.44. The first-order valence-corrected chi connectivity index (χ1v) is 10.4. The quantitative estimate of drug-likeness (QED) is 0.543. The SMILES string of the molecule is CC1=NC(C)=C(c2noc(C3CCCCC3)n2)C(c2cccc([N+](=O)[O-])c2)C1C(=O)O. The normalized spacial score (nSPS) is 22.3. The third-order valence-corrected chi connectivity index (χ3v) is 6.17. The molecule has 9 nitrogen and oxygen atoms in total. The summed E-state index contributed by atoms with van der Waals surface area (Å²) in [6, 6.07) is 6.05. The Balaban J connectivity index is 1.82. The Hall–Kier alpha value is -3.36. The molecule has 1 aromatic carbocycles. The van der Waals surface area contributed by atoms with E-state index >= 15 is 0 Å². The predicted molar refractivity (Wildman–Crippen MR) is 113 cm³/mol. The van der Waals surface area contributed by atoms with Crippen LogP contribution in [0.15, 0.2) is 39.5 Å². The maximum atomic E-state index is 12.2. The second kappa shape index (κ2) is 8.41. The van der Waals surface area contributed by atoms with E-state index in [4.69, 9.17) is 4.52 Å². The van der Waals surface area contributed by atoms with Crippen LogP contribution >= 0.6 is 0 Å². The van der Waals surface area contributed by atoms with Crippen LogP contribution in [0, 0.1) is 16.0 Å². The molecule has 1 aliphatic carbocycles. The van der Waals surface area contributed by atoms with E-state index in [0.717, 1.165) is 25.7 Å². The molecule has 2 unspecified atom stereocenters. The van der Waals surface area contributed by atoms with E-state index in [2.05, 4.69) is 15.1 Å². The number of benzene rings is 1. The standard InChI is InChI=1S/C22H24N4O5/c1-12-17(20-24-21(31-25-20)14-7-4-3-5-8-14)19(18(22(27)28)13(2)23-12)15-9-6-10-16(11-15)26(29)30/h6,9-11,14,18-19H,3-5,7-8H2,1-2H3,(H,27,28). The van der Waals surface area contributed by atoms with Gasteiger partial charge in [0.15, 0.2) is 0 Å². The van der Waals surface area contributed by atoms with Gasteiger partial charge in [0.2, 0.25) is 11.7 Å². The fraction of sp³-hybridized carbons (Fsp3) is 0.455. The van der Waals surface area contributed by atoms with Crippen molar-refractivity contribution in [1.82, 2.24) is 10.1 Å². The highest BCUT2D eigenvalue weighted by Crippen LogP contribution is 2.44. The number of nitro benzene ring substituents is 1. The summed E-state index contributed by atoms with van der Waals surface area (Å²) in [7, 11) is 0. The zero-order valence-corrected chi connectivity index (χ0v) is 17.4. The molecular weight excluding hydrogens is 400 g/mol. The highest BCUT2D eigenvalue weighted by atomic mass is 16.6. The fourth-order valence-electron chi connectivity index (χ4n) is 4.70. The van der Waals surface area contributed by atoms with E-state index < -0.39 is 22.7 Å². The van der Waals surface area contributed by atoms with Crippen molar-refractivity contribution in [1.29, 1.82) is 0 Å². The van der Waals surface area contributed by atoms with E-state index in [1.807, 2.05) is 0 Å². The topological polar surface area (TPSA) is 132 Å². The van der Waals surface area contributed by atoms with Crippen molar-refractivity contribution in [3.8, 4) is 0 Å². The molecule has 4 rings (SSSR count). The monoisotopic (exact) mass is 424 g/mol. The lowest BCUT2D eigenvalue weighted by molar-refractivity contribution is -0.384. The van der Waals surface area contributed by atoms with Gasteiger partial charge in [0.25, 0.3) is 5.69 Å². The largest absolute Gasteiger partial charge is 0.481 e. The van der Waals surface area contributed by atoms with E-state index in [-0.39, 0.29) is 11.6 Å². The molecule has 2 aliphatic rings. The second-order valence-corrected chi connectivity index (χ2v) is 8.19. The number of hydrogen-bond donors (Lipinski definition) is 1. The van der Waals surface area contributed by atoms with Crippen molar-refractivity contribution in [3.05, 3.63) is 57.4 Å². The summed E-state index contributed by atoms with van der Waals surface area (Å²) in [4.78, 5) is 32.1. The molecule has 1 fully saturated rings. The van der Waals surface area contributed by atoms with Gasteiger partial charge >= 0.3 is 5.97 Å². The molecule has 1 N–H and O–H groups in total. The van der Waals surface area contributed by atoms with E-state index in [0.29, 0.717) is 34.3 Å². The van der Waals surface area contributed by atoms with Crippen molar-refractivity contribution in [2.24, 2.45) is 10.9 Å². The number of aromatic nitrogens is 2. The number of aliphatic carboxylic acids is 1. The number of hydrogen-bond acceptors (Lipinski definition) is 7. The average molecular weight is 424 g/mol. The maximum Gasteiger partial charge on any atom is 0.313 e. The summed E-state index contributed by atoms with van der Waals surface area (Å²) in [5, 5.41) is 25.5. The van der Waals surface area contributed by atoms with Crippen LogP contribution in [0.3, 0.4) is 0 Å². The highest BCUT2D eigenvalue weighted by Gasteiger charge is 2.41. The molecule has 2 aromatic rings. The lowest BCUT2D eigenvalue weighted by atomic mass is 9.75. The maximum absolute atomic E-state index is 12.2. The molecule has 2 heterocycles. The van der Waals surface area contributed by atoms with Crippen LogP contribution in [0.5, 0.6) is 0 Å². The van der Waals surface area contributed by atoms with E-state index in [1.165, 1.54) is 18.6 Å². The lowest BCUT2D eigenvalue weighted by Gasteiger charge is -2.30. The number of carboxylic acids is 1. The molecule has 162 valence electrons. The Labute approximate surface area is 179 Å². The number of rotatable bonds is 5. The van der Waals surface area contributed by atoms with Gasteiger partial charge in [-0.25, -0.2) is 0 Å². The molecule has 1 saturated carbocycles. The molecule has 2 atom stereocenters. The average Bonchev–Trinajstić information content (AvgIpc) is 3.23. The molecule has 1 aromatic heterocycles. The van der Waals surface area contributed by atoms with Crippen LogP contribution in [-0.4, -0.2) is 31.9 Å². The van der Waals surface area contributed by atoms with Crippen LogP contribution < -0.4 is 0 Å². The number of allylic oxidation sites excluding steroid dienone is 2. The van der Waals surface area contributed by atoms with Gasteiger partial charge in [-0.05, 0) is 32.3 Å². The minimum absolute atomic E-state index is 0.102. The number of nitrogens with zero attached hydrogens (tertiary/aromatic N) is 4. The Morgan fingerprint density at radius 2 is 1.97 bits per heavy atom. The Bertz CT molecular complexity index is 1080. The molecule has 31 heavy (non-hydrogen) atoms. The van der Waals surface area contributed by atoms with E-state index in [9.17, 15) is 20.0 Å². The molecular formula is C22H24N4O5. The van der Waals surface area contributed by atoms with Gasteiger partial charge in [-0.3, -0.25) is 19.9 Å². The van der Waals surface area contributed by atoms with Crippen LogP contribution in [0.2, 0.25) is 0 Å². The summed E-state index contributed by atoms with van der Waals surface area (Å²) >= 11 is 0. The summed E-state index contributed by atoms with van der Waals surface area (Å²) in [6.07, 6.45) is 5.41. The fourth-order valence-corrected chi connectivity index (χ4v) is 4.70. The van der Waals surface area contributed by atoms with Crippen molar-refractivity contribution in [2.75, 3.05) is 0 Å². The van der Waals surface area contributed by atoms with Crippen molar-refractivity contribution < 1.29 is 19.3 Å².